The van der Waals surface area contributed by atoms with Crippen molar-refractivity contribution < 1.29 is 9.32 Å². The number of carbonyl (C=O) groups excluding carboxylic acids is 1. The van der Waals surface area contributed by atoms with Crippen LogP contribution in [0, 0.1) is 12.8 Å². The minimum atomic E-state index is 0.0353. The van der Waals surface area contributed by atoms with Crippen LogP contribution in [0.15, 0.2) is 34.9 Å². The SMILES string of the molecule is Cc1cc(C(=O)N2CC3CCC2CN(C2Cc4ccccc4C2)C3)no1. The van der Waals surface area contributed by atoms with Gasteiger partial charge in [-0.05, 0) is 49.7 Å². The van der Waals surface area contributed by atoms with E-state index < -0.39 is 0 Å². The van der Waals surface area contributed by atoms with Crippen molar-refractivity contribution in [3.8, 4) is 0 Å². The highest BCUT2D eigenvalue weighted by molar-refractivity contribution is 5.92. The maximum atomic E-state index is 12.9. The van der Waals surface area contributed by atoms with Crippen molar-refractivity contribution in [1.82, 2.24) is 15.0 Å². The zero-order chi connectivity index (χ0) is 17.7. The largest absolute Gasteiger partial charge is 0.361 e. The lowest BCUT2D eigenvalue weighted by Gasteiger charge is -2.35. The van der Waals surface area contributed by atoms with Crippen LogP contribution in [0.5, 0.6) is 0 Å². The molecule has 6 rings (SSSR count). The van der Waals surface area contributed by atoms with E-state index in [0.717, 1.165) is 38.9 Å². The molecule has 2 bridgehead atoms. The van der Waals surface area contributed by atoms with Gasteiger partial charge in [-0.3, -0.25) is 9.69 Å². The van der Waals surface area contributed by atoms with Crippen molar-refractivity contribution in [2.45, 2.75) is 44.7 Å². The predicted octanol–water partition coefficient (Wildman–Crippen LogP) is 2.69. The number of benzene rings is 1. The number of hydrogen-bond acceptors (Lipinski definition) is 4. The van der Waals surface area contributed by atoms with Crippen LogP contribution >= 0.6 is 0 Å². The number of amides is 1. The summed E-state index contributed by atoms with van der Waals surface area (Å²) in [6.45, 7) is 4.78. The molecule has 1 amide bonds. The molecule has 1 aliphatic carbocycles. The van der Waals surface area contributed by atoms with Crippen LogP contribution in [0.3, 0.4) is 0 Å². The maximum Gasteiger partial charge on any atom is 0.276 e. The van der Waals surface area contributed by atoms with Crippen LogP contribution in [0.25, 0.3) is 0 Å². The van der Waals surface area contributed by atoms with E-state index in [1.54, 1.807) is 6.07 Å². The second-order valence-electron chi connectivity index (χ2n) is 8.16. The van der Waals surface area contributed by atoms with Crippen LogP contribution in [0.4, 0.5) is 0 Å². The van der Waals surface area contributed by atoms with Crippen molar-refractivity contribution in [3.05, 3.63) is 52.9 Å². The van der Waals surface area contributed by atoms with Crippen molar-refractivity contribution in [2.24, 2.45) is 5.92 Å². The summed E-state index contributed by atoms with van der Waals surface area (Å²) in [6, 6.07) is 11.5. The van der Waals surface area contributed by atoms with Crippen molar-refractivity contribution in [3.63, 3.8) is 0 Å². The average Bonchev–Trinajstić information content (AvgIpc) is 3.17. The van der Waals surface area contributed by atoms with Crippen molar-refractivity contribution in [1.29, 1.82) is 0 Å². The molecule has 1 aromatic carbocycles. The fourth-order valence-electron chi connectivity index (χ4n) is 5.07. The topological polar surface area (TPSA) is 49.6 Å². The van der Waals surface area contributed by atoms with Crippen LogP contribution in [-0.4, -0.2) is 52.6 Å². The smallest absolute Gasteiger partial charge is 0.276 e. The summed E-state index contributed by atoms with van der Waals surface area (Å²) in [5.74, 6) is 1.29. The highest BCUT2D eigenvalue weighted by atomic mass is 16.5. The van der Waals surface area contributed by atoms with Gasteiger partial charge in [0.15, 0.2) is 5.69 Å². The highest BCUT2D eigenvalue weighted by Crippen LogP contribution is 2.33. The molecule has 3 aliphatic heterocycles. The summed E-state index contributed by atoms with van der Waals surface area (Å²) in [4.78, 5) is 17.7. The molecule has 2 atom stereocenters. The summed E-state index contributed by atoms with van der Waals surface area (Å²) >= 11 is 0. The van der Waals surface area contributed by atoms with Gasteiger partial charge in [0.25, 0.3) is 5.91 Å². The van der Waals surface area contributed by atoms with Gasteiger partial charge in [0.2, 0.25) is 0 Å². The molecule has 2 aromatic rings. The second-order valence-corrected chi connectivity index (χ2v) is 8.16. The summed E-state index contributed by atoms with van der Waals surface area (Å²) in [7, 11) is 0. The summed E-state index contributed by atoms with van der Waals surface area (Å²) in [6.07, 6.45) is 4.62. The Morgan fingerprint density at radius 1 is 1.08 bits per heavy atom. The first kappa shape index (κ1) is 16.1. The first-order valence-corrected chi connectivity index (χ1v) is 9.72. The molecule has 4 heterocycles. The third kappa shape index (κ3) is 2.75. The standard InChI is InChI=1S/C21H25N3O2/c1-14-8-20(22-26-14)21(25)24-12-15-6-7-18(24)13-23(11-15)19-9-16-4-2-3-5-17(16)10-19/h2-5,8,15,18-19H,6-7,9-13H2,1H3. The number of hydrogen-bond donors (Lipinski definition) is 0. The Hall–Kier alpha value is -2.14. The van der Waals surface area contributed by atoms with Gasteiger partial charge in [-0.1, -0.05) is 29.4 Å². The monoisotopic (exact) mass is 351 g/mol. The predicted molar refractivity (Wildman–Crippen MR) is 98.0 cm³/mol. The Morgan fingerprint density at radius 3 is 2.54 bits per heavy atom. The number of nitrogens with zero attached hydrogens (tertiary/aromatic N) is 3. The van der Waals surface area contributed by atoms with Gasteiger partial charge < -0.3 is 9.42 Å². The first-order valence-electron chi connectivity index (χ1n) is 9.72. The van der Waals surface area contributed by atoms with Gasteiger partial charge in [-0.2, -0.15) is 0 Å². The van der Waals surface area contributed by atoms with E-state index in [1.165, 1.54) is 17.5 Å². The lowest BCUT2D eigenvalue weighted by Crippen LogP contribution is -2.48. The Labute approximate surface area is 153 Å². The van der Waals surface area contributed by atoms with Gasteiger partial charge in [-0.15, -0.1) is 0 Å². The molecule has 5 heteroatoms. The zero-order valence-electron chi connectivity index (χ0n) is 15.2. The van der Waals surface area contributed by atoms with Gasteiger partial charge in [0.05, 0.1) is 0 Å². The van der Waals surface area contributed by atoms with Gasteiger partial charge in [0.1, 0.15) is 5.76 Å². The first-order chi connectivity index (χ1) is 12.7. The molecule has 3 fully saturated rings. The number of carbonyl (C=O) groups is 1. The Kier molecular flexibility index (Phi) is 3.85. The van der Waals surface area contributed by atoms with E-state index in [2.05, 4.69) is 39.2 Å². The van der Waals surface area contributed by atoms with Gasteiger partial charge in [0, 0.05) is 37.8 Å². The molecule has 3 saturated heterocycles. The van der Waals surface area contributed by atoms with E-state index in [9.17, 15) is 4.79 Å². The normalized spacial score (nSPS) is 26.1. The molecular weight excluding hydrogens is 326 g/mol. The number of fused-ring (bicyclic) bond motifs is 5. The lowest BCUT2D eigenvalue weighted by molar-refractivity contribution is 0.0571. The molecule has 0 N–H and O–H groups in total. The third-order valence-corrected chi connectivity index (χ3v) is 6.40. The fraction of sp³-hybridized carbons (Fsp3) is 0.524. The molecule has 0 saturated carbocycles. The van der Waals surface area contributed by atoms with Crippen LogP contribution in [-0.2, 0) is 12.8 Å². The number of aryl methyl sites for hydroxylation is 1. The Morgan fingerprint density at radius 2 is 1.85 bits per heavy atom. The fourth-order valence-corrected chi connectivity index (χ4v) is 5.07. The molecule has 5 nitrogen and oxygen atoms in total. The minimum Gasteiger partial charge on any atom is -0.361 e. The summed E-state index contributed by atoms with van der Waals surface area (Å²) in [5, 5.41) is 3.95. The van der Waals surface area contributed by atoms with Crippen LogP contribution in [0.1, 0.15) is 40.2 Å². The number of rotatable bonds is 2. The average molecular weight is 351 g/mol. The van der Waals surface area contributed by atoms with E-state index in [-0.39, 0.29) is 5.91 Å². The summed E-state index contributed by atoms with van der Waals surface area (Å²) in [5.41, 5.74) is 3.45. The number of piperidine rings is 1. The Balaban J connectivity index is 1.34. The van der Waals surface area contributed by atoms with Crippen molar-refractivity contribution in [2.75, 3.05) is 19.6 Å². The molecule has 0 spiro atoms. The molecule has 2 unspecified atom stereocenters. The van der Waals surface area contributed by atoms with E-state index in [0.29, 0.717) is 29.5 Å². The van der Waals surface area contributed by atoms with E-state index in [1.807, 2.05) is 6.92 Å². The zero-order valence-corrected chi connectivity index (χ0v) is 15.2. The summed E-state index contributed by atoms with van der Waals surface area (Å²) < 4.78 is 5.12. The minimum absolute atomic E-state index is 0.0353. The van der Waals surface area contributed by atoms with Gasteiger partial charge in [-0.25, -0.2) is 0 Å². The number of aromatic nitrogens is 1. The van der Waals surface area contributed by atoms with Crippen LogP contribution in [0.2, 0.25) is 0 Å². The highest BCUT2D eigenvalue weighted by Gasteiger charge is 2.40. The van der Waals surface area contributed by atoms with E-state index in [4.69, 9.17) is 4.52 Å². The van der Waals surface area contributed by atoms with Crippen LogP contribution < -0.4 is 0 Å². The second kappa shape index (κ2) is 6.23. The van der Waals surface area contributed by atoms with E-state index >= 15 is 0 Å². The van der Waals surface area contributed by atoms with Crippen molar-refractivity contribution >= 4 is 5.91 Å². The molecule has 26 heavy (non-hydrogen) atoms. The third-order valence-electron chi connectivity index (χ3n) is 6.40. The van der Waals surface area contributed by atoms with Gasteiger partial charge >= 0.3 is 0 Å². The lowest BCUT2D eigenvalue weighted by atomic mass is 9.94. The maximum absolute atomic E-state index is 12.9. The molecular formula is C21H25N3O2. The molecule has 0 radical (unpaired) electrons. The molecule has 1 aromatic heterocycles. The molecule has 4 aliphatic rings. The quantitative estimate of drug-likeness (QED) is 0.835. The Bertz CT molecular complexity index is 805. The molecule has 136 valence electrons.